The van der Waals surface area contributed by atoms with Crippen molar-refractivity contribution in [3.8, 4) is 6.07 Å². The summed E-state index contributed by atoms with van der Waals surface area (Å²) in [6.45, 7) is 2.22. The highest BCUT2D eigenvalue weighted by Gasteiger charge is 2.08. The van der Waals surface area contributed by atoms with E-state index in [0.717, 1.165) is 5.69 Å². The van der Waals surface area contributed by atoms with Gasteiger partial charge in [0.05, 0.1) is 17.4 Å². The van der Waals surface area contributed by atoms with Gasteiger partial charge >= 0.3 is 0 Å². The number of anilines is 1. The van der Waals surface area contributed by atoms with Crippen LogP contribution >= 0.6 is 0 Å². The molecule has 1 aromatic rings. The quantitative estimate of drug-likeness (QED) is 0.838. The highest BCUT2D eigenvalue weighted by Crippen LogP contribution is 2.09. The second kappa shape index (κ2) is 6.26. The van der Waals surface area contributed by atoms with Gasteiger partial charge in [0.25, 0.3) is 0 Å². The highest BCUT2D eigenvalue weighted by molar-refractivity contribution is 7.91. The fourth-order valence-electron chi connectivity index (χ4n) is 1.46. The minimum atomic E-state index is -2.94. The third-order valence-corrected chi connectivity index (χ3v) is 4.11. The first-order valence-corrected chi connectivity index (χ1v) is 7.34. The Morgan fingerprint density at radius 1 is 1.35 bits per heavy atom. The van der Waals surface area contributed by atoms with Crippen LogP contribution in [0.15, 0.2) is 24.3 Å². The molecule has 0 aliphatic rings. The van der Waals surface area contributed by atoms with Crippen LogP contribution < -0.4 is 5.32 Å². The summed E-state index contributed by atoms with van der Waals surface area (Å²) < 4.78 is 22.9. The molecule has 0 atom stereocenters. The van der Waals surface area contributed by atoms with Crippen molar-refractivity contribution in [2.45, 2.75) is 13.3 Å². The molecule has 1 N–H and O–H groups in total. The normalized spacial score (nSPS) is 10.8. The predicted molar refractivity (Wildman–Crippen MR) is 68.6 cm³/mol. The average molecular weight is 252 g/mol. The summed E-state index contributed by atoms with van der Waals surface area (Å²) in [6.07, 6.45) is 0.645. The summed E-state index contributed by atoms with van der Waals surface area (Å²) in [6, 6.07) is 9.02. The van der Waals surface area contributed by atoms with Crippen molar-refractivity contribution in [3.05, 3.63) is 29.8 Å². The van der Waals surface area contributed by atoms with Crippen molar-refractivity contribution in [2.24, 2.45) is 0 Å². The van der Waals surface area contributed by atoms with Gasteiger partial charge in [-0.15, -0.1) is 0 Å². The smallest absolute Gasteiger partial charge is 0.152 e. The second-order valence-corrected chi connectivity index (χ2v) is 6.07. The molecule has 0 amide bonds. The van der Waals surface area contributed by atoms with Crippen LogP contribution in [0, 0.1) is 11.3 Å². The number of rotatable bonds is 6. The Labute approximate surface area is 102 Å². The van der Waals surface area contributed by atoms with Crippen molar-refractivity contribution >= 4 is 15.5 Å². The van der Waals surface area contributed by atoms with Crippen LogP contribution in [0.4, 0.5) is 5.69 Å². The maximum atomic E-state index is 11.5. The van der Waals surface area contributed by atoms with E-state index < -0.39 is 9.84 Å². The Morgan fingerprint density at radius 3 is 2.76 bits per heavy atom. The highest BCUT2D eigenvalue weighted by atomic mass is 32.2. The molecule has 0 heterocycles. The summed E-state index contributed by atoms with van der Waals surface area (Å²) in [5.41, 5.74) is 1.34. The lowest BCUT2D eigenvalue weighted by Crippen LogP contribution is -2.18. The lowest BCUT2D eigenvalue weighted by atomic mass is 10.2. The molecule has 92 valence electrons. The fourth-order valence-corrected chi connectivity index (χ4v) is 2.70. The number of sulfone groups is 1. The molecular formula is C12H16N2O2S. The Bertz CT molecular complexity index is 503. The van der Waals surface area contributed by atoms with Crippen molar-refractivity contribution in [1.29, 1.82) is 5.26 Å². The molecule has 0 spiro atoms. The first-order chi connectivity index (χ1) is 8.07. The molecule has 0 saturated heterocycles. The van der Waals surface area contributed by atoms with Crippen LogP contribution in [-0.4, -0.2) is 26.5 Å². The molecule has 4 nitrogen and oxygen atoms in total. The minimum absolute atomic E-state index is 0.123. The summed E-state index contributed by atoms with van der Waals surface area (Å²) in [7, 11) is -2.94. The van der Waals surface area contributed by atoms with Gasteiger partial charge in [-0.1, -0.05) is 13.0 Å². The third kappa shape index (κ3) is 4.87. The zero-order chi connectivity index (χ0) is 12.7. The lowest BCUT2D eigenvalue weighted by molar-refractivity contribution is 0.595. The molecule has 0 aromatic heterocycles. The number of hydrogen-bond acceptors (Lipinski definition) is 4. The predicted octanol–water partition coefficient (Wildman–Crippen LogP) is 1.79. The van der Waals surface area contributed by atoms with Crippen molar-refractivity contribution in [1.82, 2.24) is 0 Å². The van der Waals surface area contributed by atoms with Gasteiger partial charge in [-0.2, -0.15) is 5.26 Å². The van der Waals surface area contributed by atoms with Gasteiger partial charge < -0.3 is 5.32 Å². The zero-order valence-electron chi connectivity index (χ0n) is 9.81. The largest absolute Gasteiger partial charge is 0.384 e. The zero-order valence-corrected chi connectivity index (χ0v) is 10.6. The molecule has 1 aromatic carbocycles. The van der Waals surface area contributed by atoms with Crippen molar-refractivity contribution in [2.75, 3.05) is 23.4 Å². The van der Waals surface area contributed by atoms with Crippen molar-refractivity contribution < 1.29 is 8.42 Å². The van der Waals surface area contributed by atoms with Gasteiger partial charge in [-0.05, 0) is 24.6 Å². The van der Waals surface area contributed by atoms with E-state index in [-0.39, 0.29) is 11.5 Å². The van der Waals surface area contributed by atoms with Crippen LogP contribution in [-0.2, 0) is 9.84 Å². The van der Waals surface area contributed by atoms with E-state index in [9.17, 15) is 8.42 Å². The Morgan fingerprint density at radius 2 is 2.12 bits per heavy atom. The molecular weight excluding hydrogens is 236 g/mol. The van der Waals surface area contributed by atoms with Crippen LogP contribution in [0.25, 0.3) is 0 Å². The molecule has 1 rings (SSSR count). The van der Waals surface area contributed by atoms with Crippen LogP contribution in [0.3, 0.4) is 0 Å². The van der Waals surface area contributed by atoms with Crippen LogP contribution in [0.5, 0.6) is 0 Å². The second-order valence-electron chi connectivity index (χ2n) is 3.77. The van der Waals surface area contributed by atoms with Crippen molar-refractivity contribution in [3.63, 3.8) is 0 Å². The maximum absolute atomic E-state index is 11.5. The van der Waals surface area contributed by atoms with E-state index in [2.05, 4.69) is 5.32 Å². The topological polar surface area (TPSA) is 70.0 Å². The minimum Gasteiger partial charge on any atom is -0.384 e. The average Bonchev–Trinajstić information content (AvgIpc) is 2.29. The van der Waals surface area contributed by atoms with Gasteiger partial charge in [0.15, 0.2) is 9.84 Å². The first kappa shape index (κ1) is 13.5. The molecule has 0 aliphatic heterocycles. The molecule has 0 saturated carbocycles. The van der Waals surface area contributed by atoms with Gasteiger partial charge in [0.1, 0.15) is 0 Å². The Balaban J connectivity index is 2.49. The standard InChI is InChI=1S/C12H16N2O2S/c1-2-7-17(15,16)8-6-14-12-5-3-4-11(9-12)10-13/h3-5,9,14H,2,6-8H2,1H3. The first-order valence-electron chi connectivity index (χ1n) is 5.52. The molecule has 0 unspecified atom stereocenters. The molecule has 0 bridgehead atoms. The van der Waals surface area contributed by atoms with E-state index in [1.165, 1.54) is 0 Å². The number of benzene rings is 1. The van der Waals surface area contributed by atoms with Gasteiger partial charge in [0, 0.05) is 18.0 Å². The third-order valence-electron chi connectivity index (χ3n) is 2.25. The number of nitrogens with zero attached hydrogens (tertiary/aromatic N) is 1. The van der Waals surface area contributed by atoms with E-state index in [4.69, 9.17) is 5.26 Å². The molecule has 0 fully saturated rings. The number of nitrogens with one attached hydrogen (secondary N) is 1. The number of hydrogen-bond donors (Lipinski definition) is 1. The Hall–Kier alpha value is -1.54. The summed E-state index contributed by atoms with van der Waals surface area (Å²) >= 11 is 0. The summed E-state index contributed by atoms with van der Waals surface area (Å²) in [5, 5.41) is 11.7. The monoisotopic (exact) mass is 252 g/mol. The summed E-state index contributed by atoms with van der Waals surface area (Å²) in [4.78, 5) is 0. The van der Waals surface area contributed by atoms with Gasteiger partial charge in [-0.25, -0.2) is 8.42 Å². The molecule has 0 aliphatic carbocycles. The molecule has 5 heteroatoms. The van der Waals surface area contributed by atoms with E-state index in [0.29, 0.717) is 18.5 Å². The summed E-state index contributed by atoms with van der Waals surface area (Å²) in [5.74, 6) is 0.352. The maximum Gasteiger partial charge on any atom is 0.152 e. The lowest BCUT2D eigenvalue weighted by Gasteiger charge is -2.06. The van der Waals surface area contributed by atoms with E-state index in [1.54, 1.807) is 18.2 Å². The number of nitriles is 1. The molecule has 17 heavy (non-hydrogen) atoms. The van der Waals surface area contributed by atoms with Gasteiger partial charge in [-0.3, -0.25) is 0 Å². The Kier molecular flexibility index (Phi) is 4.98. The SMILES string of the molecule is CCCS(=O)(=O)CCNc1cccc(C#N)c1. The van der Waals surface area contributed by atoms with Crippen LogP contribution in [0.2, 0.25) is 0 Å². The van der Waals surface area contributed by atoms with Crippen LogP contribution in [0.1, 0.15) is 18.9 Å². The van der Waals surface area contributed by atoms with Gasteiger partial charge in [0.2, 0.25) is 0 Å². The van der Waals surface area contributed by atoms with E-state index >= 15 is 0 Å². The fraction of sp³-hybridized carbons (Fsp3) is 0.417. The van der Waals surface area contributed by atoms with E-state index in [1.807, 2.05) is 19.1 Å². The molecule has 0 radical (unpaired) electrons.